The molecule has 0 saturated heterocycles. The van der Waals surface area contributed by atoms with Crippen LogP contribution in [0.3, 0.4) is 0 Å². The number of hydrogen-bond acceptors (Lipinski definition) is 2. The number of aryl methyl sites for hydroxylation is 2. The molecule has 2 aromatic rings. The number of halogens is 3. The van der Waals surface area contributed by atoms with Crippen LogP contribution < -0.4 is 10.1 Å². The van der Waals surface area contributed by atoms with Crippen LogP contribution >= 0.6 is 0 Å². The molecule has 0 unspecified atom stereocenters. The van der Waals surface area contributed by atoms with E-state index in [0.29, 0.717) is 6.42 Å². The zero-order chi connectivity index (χ0) is 19.3. The summed E-state index contributed by atoms with van der Waals surface area (Å²) in [6.45, 7) is 5.12. The van der Waals surface area contributed by atoms with Crippen LogP contribution in [-0.2, 0) is 17.8 Å². The van der Waals surface area contributed by atoms with Gasteiger partial charge in [0.25, 0.3) is 6.43 Å². The first-order chi connectivity index (χ1) is 12.4. The third kappa shape index (κ3) is 4.56. The third-order valence-electron chi connectivity index (χ3n) is 4.17. The van der Waals surface area contributed by atoms with Gasteiger partial charge in [0.2, 0.25) is 5.91 Å². The van der Waals surface area contributed by atoms with E-state index in [9.17, 15) is 18.0 Å². The molecule has 0 aliphatic carbocycles. The van der Waals surface area contributed by atoms with Gasteiger partial charge in [-0.25, -0.2) is 13.2 Å². The molecule has 0 heterocycles. The Morgan fingerprint density at radius 1 is 1.23 bits per heavy atom. The fraction of sp³-hybridized carbons (Fsp3) is 0.350. The van der Waals surface area contributed by atoms with Crippen LogP contribution in [-0.4, -0.2) is 5.91 Å². The Labute approximate surface area is 151 Å². The van der Waals surface area contributed by atoms with Crippen molar-refractivity contribution >= 4 is 11.6 Å². The highest BCUT2D eigenvalue weighted by molar-refractivity contribution is 5.91. The molecule has 0 aromatic heterocycles. The van der Waals surface area contributed by atoms with E-state index in [-0.39, 0.29) is 41.5 Å². The predicted octanol–water partition coefficient (Wildman–Crippen LogP) is 5.56. The number of hydrogen-bond donors (Lipinski definition) is 1. The second-order valence-electron chi connectivity index (χ2n) is 5.93. The van der Waals surface area contributed by atoms with Gasteiger partial charge in [0, 0.05) is 12.0 Å². The average molecular weight is 365 g/mol. The molecule has 1 N–H and O–H groups in total. The minimum absolute atomic E-state index is 0.0192. The topological polar surface area (TPSA) is 38.3 Å². The SMILES string of the molecule is CCC(=O)Nc1cccc(F)c1COc1cc(C)c(CC)cc1C(F)F. The maximum Gasteiger partial charge on any atom is 0.267 e. The first-order valence-corrected chi connectivity index (χ1v) is 8.48. The number of amides is 1. The first-order valence-electron chi connectivity index (χ1n) is 8.48. The monoisotopic (exact) mass is 365 g/mol. The van der Waals surface area contributed by atoms with Crippen molar-refractivity contribution < 1.29 is 22.7 Å². The summed E-state index contributed by atoms with van der Waals surface area (Å²) in [5.74, 6) is -0.821. The molecule has 0 spiro atoms. The van der Waals surface area contributed by atoms with Crippen molar-refractivity contribution in [3.05, 3.63) is 58.4 Å². The molecule has 140 valence electrons. The van der Waals surface area contributed by atoms with E-state index in [4.69, 9.17) is 4.74 Å². The molecule has 2 rings (SSSR count). The minimum Gasteiger partial charge on any atom is -0.488 e. The highest BCUT2D eigenvalue weighted by Crippen LogP contribution is 2.33. The number of carbonyl (C=O) groups excluding carboxylic acids is 1. The molecule has 0 bridgehead atoms. The Morgan fingerprint density at radius 3 is 2.58 bits per heavy atom. The fourth-order valence-electron chi connectivity index (χ4n) is 2.63. The van der Waals surface area contributed by atoms with Gasteiger partial charge in [0.1, 0.15) is 18.2 Å². The van der Waals surface area contributed by atoms with Crippen molar-refractivity contribution in [3.63, 3.8) is 0 Å². The highest BCUT2D eigenvalue weighted by Gasteiger charge is 2.18. The lowest BCUT2D eigenvalue weighted by atomic mass is 10.0. The van der Waals surface area contributed by atoms with Crippen molar-refractivity contribution in [3.8, 4) is 5.75 Å². The van der Waals surface area contributed by atoms with Crippen molar-refractivity contribution in [2.45, 2.75) is 46.6 Å². The molecule has 0 saturated carbocycles. The standard InChI is InChI=1S/C20H22F3NO2/c1-4-13-10-14(20(22)23)18(9-12(13)3)26-11-15-16(21)7-6-8-17(15)24-19(25)5-2/h6-10,20H,4-5,11H2,1-3H3,(H,24,25). The molecule has 6 heteroatoms. The summed E-state index contributed by atoms with van der Waals surface area (Å²) in [5, 5.41) is 2.60. The van der Waals surface area contributed by atoms with Gasteiger partial charge in [-0.1, -0.05) is 19.9 Å². The number of alkyl halides is 2. The van der Waals surface area contributed by atoms with Gasteiger partial charge in [-0.2, -0.15) is 0 Å². The van der Waals surface area contributed by atoms with Crippen molar-refractivity contribution in [1.82, 2.24) is 0 Å². The maximum absolute atomic E-state index is 14.2. The predicted molar refractivity (Wildman–Crippen MR) is 95.2 cm³/mol. The maximum atomic E-state index is 14.2. The van der Waals surface area contributed by atoms with Crippen LogP contribution in [0, 0.1) is 12.7 Å². The van der Waals surface area contributed by atoms with E-state index in [1.165, 1.54) is 18.2 Å². The largest absolute Gasteiger partial charge is 0.488 e. The van der Waals surface area contributed by atoms with Crippen LogP contribution in [0.4, 0.5) is 18.9 Å². The minimum atomic E-state index is -2.70. The molecule has 26 heavy (non-hydrogen) atoms. The summed E-state index contributed by atoms with van der Waals surface area (Å²) in [4.78, 5) is 11.6. The number of benzene rings is 2. The molecule has 3 nitrogen and oxygen atoms in total. The summed E-state index contributed by atoms with van der Waals surface area (Å²) < 4.78 is 46.4. The Morgan fingerprint density at radius 2 is 1.96 bits per heavy atom. The van der Waals surface area contributed by atoms with Crippen LogP contribution in [0.15, 0.2) is 30.3 Å². The first kappa shape index (κ1) is 19.8. The summed E-state index contributed by atoms with van der Waals surface area (Å²) in [6, 6.07) is 7.23. The van der Waals surface area contributed by atoms with Crippen molar-refractivity contribution in [2.75, 3.05) is 5.32 Å². The Kier molecular flexibility index (Phi) is 6.66. The van der Waals surface area contributed by atoms with Crippen LogP contribution in [0.5, 0.6) is 5.75 Å². The second kappa shape index (κ2) is 8.74. The van der Waals surface area contributed by atoms with Gasteiger partial charge in [-0.05, 0) is 48.7 Å². The quantitative estimate of drug-likeness (QED) is 0.697. The van der Waals surface area contributed by atoms with E-state index >= 15 is 0 Å². The van der Waals surface area contributed by atoms with Gasteiger partial charge in [0.15, 0.2) is 0 Å². The Bertz CT molecular complexity index is 791. The smallest absolute Gasteiger partial charge is 0.267 e. The molecule has 2 aromatic carbocycles. The summed E-state index contributed by atoms with van der Waals surface area (Å²) in [7, 11) is 0. The number of rotatable bonds is 7. The van der Waals surface area contributed by atoms with Gasteiger partial charge in [-0.15, -0.1) is 0 Å². The fourth-order valence-corrected chi connectivity index (χ4v) is 2.63. The molecular formula is C20H22F3NO2. The molecule has 0 radical (unpaired) electrons. The second-order valence-corrected chi connectivity index (χ2v) is 5.93. The Hall–Kier alpha value is -2.50. The van der Waals surface area contributed by atoms with Crippen LogP contribution in [0.1, 0.15) is 48.9 Å². The summed E-state index contributed by atoms with van der Waals surface area (Å²) >= 11 is 0. The van der Waals surface area contributed by atoms with Crippen molar-refractivity contribution in [2.24, 2.45) is 0 Å². The summed E-state index contributed by atoms with van der Waals surface area (Å²) in [5.41, 5.74) is 1.82. The molecule has 0 atom stereocenters. The molecule has 0 aliphatic heterocycles. The van der Waals surface area contributed by atoms with E-state index in [1.54, 1.807) is 19.1 Å². The van der Waals surface area contributed by atoms with Gasteiger partial charge >= 0.3 is 0 Å². The van der Waals surface area contributed by atoms with E-state index in [2.05, 4.69) is 5.32 Å². The van der Waals surface area contributed by atoms with E-state index in [1.807, 2.05) is 13.8 Å². The Balaban J connectivity index is 2.32. The van der Waals surface area contributed by atoms with Gasteiger partial charge in [-0.3, -0.25) is 4.79 Å². The van der Waals surface area contributed by atoms with Gasteiger partial charge < -0.3 is 10.1 Å². The number of ether oxygens (including phenoxy) is 1. The normalized spacial score (nSPS) is 10.9. The highest BCUT2D eigenvalue weighted by atomic mass is 19.3. The average Bonchev–Trinajstić information content (AvgIpc) is 2.60. The van der Waals surface area contributed by atoms with Gasteiger partial charge in [0.05, 0.1) is 11.3 Å². The third-order valence-corrected chi connectivity index (χ3v) is 4.17. The lowest BCUT2D eigenvalue weighted by molar-refractivity contribution is -0.115. The number of anilines is 1. The lowest BCUT2D eigenvalue weighted by Gasteiger charge is -2.17. The van der Waals surface area contributed by atoms with Crippen LogP contribution in [0.2, 0.25) is 0 Å². The lowest BCUT2D eigenvalue weighted by Crippen LogP contribution is -2.13. The number of carbonyl (C=O) groups is 1. The molecule has 0 aliphatic rings. The van der Waals surface area contributed by atoms with Crippen molar-refractivity contribution in [1.29, 1.82) is 0 Å². The van der Waals surface area contributed by atoms with E-state index in [0.717, 1.165) is 11.1 Å². The zero-order valence-corrected chi connectivity index (χ0v) is 15.0. The van der Waals surface area contributed by atoms with Crippen LogP contribution in [0.25, 0.3) is 0 Å². The molecule has 0 fully saturated rings. The zero-order valence-electron chi connectivity index (χ0n) is 15.0. The molecular weight excluding hydrogens is 343 g/mol. The van der Waals surface area contributed by atoms with E-state index < -0.39 is 12.2 Å². The summed E-state index contributed by atoms with van der Waals surface area (Å²) in [6.07, 6.45) is -1.83. The molecule has 1 amide bonds. The number of nitrogens with one attached hydrogen (secondary N) is 1.